The van der Waals surface area contributed by atoms with E-state index in [1.807, 2.05) is 36.6 Å². The van der Waals surface area contributed by atoms with E-state index in [0.717, 1.165) is 29.9 Å². The molecule has 4 atom stereocenters. The summed E-state index contributed by atoms with van der Waals surface area (Å²) in [6.45, 7) is 10.2. The van der Waals surface area contributed by atoms with Gasteiger partial charge in [-0.15, -0.1) is 0 Å². The van der Waals surface area contributed by atoms with Crippen molar-refractivity contribution in [1.29, 1.82) is 0 Å². The first kappa shape index (κ1) is 28.6. The molecule has 1 amide bonds. The zero-order chi connectivity index (χ0) is 28.7. The number of nitrogens with two attached hydrogens (primary N) is 2. The number of carbonyl (C=O) groups excluding carboxylic acids is 1. The summed E-state index contributed by atoms with van der Waals surface area (Å²) in [4.78, 5) is 25.3. The van der Waals surface area contributed by atoms with Crippen LogP contribution >= 0.6 is 11.8 Å². The van der Waals surface area contributed by atoms with Crippen molar-refractivity contribution in [2.75, 3.05) is 28.3 Å². The monoisotopic (exact) mass is 569 g/mol. The van der Waals surface area contributed by atoms with Gasteiger partial charge in [-0.25, -0.2) is 15.0 Å². The average Bonchev–Trinajstić information content (AvgIpc) is 3.53. The van der Waals surface area contributed by atoms with Crippen molar-refractivity contribution in [1.82, 2.24) is 19.5 Å². The second-order valence-electron chi connectivity index (χ2n) is 11.8. The molecule has 2 aliphatic heterocycles. The molecule has 0 radical (unpaired) electrons. The molecule has 5 N–H and O–H groups in total. The highest BCUT2D eigenvalue weighted by atomic mass is 32.2. The summed E-state index contributed by atoms with van der Waals surface area (Å²) in [6, 6.07) is 5.84. The van der Waals surface area contributed by atoms with Gasteiger partial charge in [0.25, 0.3) is 0 Å². The molecule has 11 nitrogen and oxygen atoms in total. The number of nitrogens with zero attached hydrogens (tertiary/aromatic N) is 4. The van der Waals surface area contributed by atoms with E-state index < -0.39 is 12.0 Å². The molecule has 2 aromatic heterocycles. The third-order valence-corrected chi connectivity index (χ3v) is 8.34. The highest BCUT2D eigenvalue weighted by Gasteiger charge is 2.56. The first-order chi connectivity index (χ1) is 18.9. The predicted octanol–water partition coefficient (Wildman–Crippen LogP) is 4.25. The predicted molar refractivity (Wildman–Crippen MR) is 157 cm³/mol. The Kier molecular flexibility index (Phi) is 7.97. The van der Waals surface area contributed by atoms with Gasteiger partial charge in [0, 0.05) is 12.2 Å². The summed E-state index contributed by atoms with van der Waals surface area (Å²) < 4.78 is 20.8. The van der Waals surface area contributed by atoms with E-state index in [2.05, 4.69) is 41.0 Å². The van der Waals surface area contributed by atoms with E-state index in [9.17, 15) is 4.79 Å². The Morgan fingerprint density at radius 1 is 1.12 bits per heavy atom. The smallest absolute Gasteiger partial charge is 0.224 e. The van der Waals surface area contributed by atoms with Gasteiger partial charge in [-0.05, 0) is 55.6 Å². The minimum absolute atomic E-state index is 0.00411. The van der Waals surface area contributed by atoms with Gasteiger partial charge in [0.15, 0.2) is 23.5 Å². The number of imidazole rings is 1. The largest absolute Gasteiger partial charge is 0.397 e. The molecule has 0 saturated carbocycles. The topological polar surface area (TPSA) is 152 Å². The normalized spacial score (nSPS) is 23.9. The van der Waals surface area contributed by atoms with Gasteiger partial charge < -0.3 is 31.0 Å². The maximum Gasteiger partial charge on any atom is 0.224 e. The van der Waals surface area contributed by atoms with Crippen LogP contribution in [-0.2, 0) is 24.4 Å². The van der Waals surface area contributed by atoms with Crippen LogP contribution < -0.4 is 16.8 Å². The van der Waals surface area contributed by atoms with Crippen molar-refractivity contribution in [3.63, 3.8) is 0 Å². The number of rotatable bonds is 9. The lowest BCUT2D eigenvalue weighted by Crippen LogP contribution is -2.31. The zero-order valence-corrected chi connectivity index (χ0v) is 24.5. The molecule has 0 aliphatic carbocycles. The van der Waals surface area contributed by atoms with Crippen LogP contribution in [0.25, 0.3) is 11.2 Å². The SMILES string of the molecule is CC1(C)O[C@@H]2[C@H](O1)[C@@H](CSCCCCC(=O)Nc1ccc(C(C)(C)C)cc1N)O[C@H]2n1cnc2c(N)ncnc21. The number of carbonyl (C=O) groups is 1. The minimum Gasteiger partial charge on any atom is -0.397 e. The maximum absolute atomic E-state index is 12.5. The fourth-order valence-corrected chi connectivity index (χ4v) is 6.19. The van der Waals surface area contributed by atoms with Crippen LogP contribution in [0.3, 0.4) is 0 Å². The van der Waals surface area contributed by atoms with E-state index in [1.54, 1.807) is 18.1 Å². The highest BCUT2D eigenvalue weighted by molar-refractivity contribution is 7.99. The van der Waals surface area contributed by atoms with Crippen molar-refractivity contribution in [2.24, 2.45) is 0 Å². The summed E-state index contributed by atoms with van der Waals surface area (Å²) in [5.41, 5.74) is 15.7. The molecule has 5 rings (SSSR count). The van der Waals surface area contributed by atoms with Gasteiger partial charge in [-0.3, -0.25) is 9.36 Å². The fraction of sp³-hybridized carbons (Fsp3) is 0.571. The molecular formula is C28H39N7O4S. The average molecular weight is 570 g/mol. The molecule has 12 heteroatoms. The molecule has 40 heavy (non-hydrogen) atoms. The Labute approximate surface area is 238 Å². The summed E-state index contributed by atoms with van der Waals surface area (Å²) in [5.74, 6) is 1.23. The standard InChI is InChI=1S/C28H39N7O4S/c1-27(2,3)16-9-10-18(17(29)12-16)34-20(36)8-6-7-11-40-13-19-22-23(39-28(4,5)38-22)26(37-19)35-15-33-21-24(30)31-14-32-25(21)35/h9-10,12,14-15,19,22-23,26H,6-8,11,13,29H2,1-5H3,(H,34,36)(H2,30,31,32)/t19-,22-,23-,26-/m1/s1. The van der Waals surface area contributed by atoms with Crippen molar-refractivity contribution < 1.29 is 19.0 Å². The van der Waals surface area contributed by atoms with Crippen LogP contribution in [0.4, 0.5) is 17.2 Å². The lowest BCUT2D eigenvalue weighted by Gasteiger charge is -2.24. The van der Waals surface area contributed by atoms with Gasteiger partial charge in [0.2, 0.25) is 5.91 Å². The van der Waals surface area contributed by atoms with Crippen molar-refractivity contribution in [3.05, 3.63) is 36.4 Å². The number of unbranched alkanes of at least 4 members (excludes halogenated alkanes) is 1. The number of hydrogen-bond acceptors (Lipinski definition) is 10. The first-order valence-corrected chi connectivity index (χ1v) is 14.8. The molecule has 1 aromatic carbocycles. The van der Waals surface area contributed by atoms with E-state index in [4.69, 9.17) is 25.7 Å². The van der Waals surface area contributed by atoms with Gasteiger partial charge in [-0.2, -0.15) is 11.8 Å². The lowest BCUT2D eigenvalue weighted by atomic mass is 9.86. The number of hydrogen-bond donors (Lipinski definition) is 3. The lowest BCUT2D eigenvalue weighted by molar-refractivity contribution is -0.193. The Bertz CT molecular complexity index is 1370. The molecular weight excluding hydrogens is 530 g/mol. The Balaban J connectivity index is 1.10. The van der Waals surface area contributed by atoms with Gasteiger partial charge >= 0.3 is 0 Å². The third kappa shape index (κ3) is 6.04. The zero-order valence-electron chi connectivity index (χ0n) is 23.7. The van der Waals surface area contributed by atoms with Gasteiger partial charge in [0.05, 0.1) is 23.8 Å². The van der Waals surface area contributed by atoms with E-state index >= 15 is 0 Å². The van der Waals surface area contributed by atoms with Crippen LogP contribution in [0, 0.1) is 0 Å². The molecule has 2 saturated heterocycles. The molecule has 2 fully saturated rings. The quantitative estimate of drug-likeness (QED) is 0.252. The van der Waals surface area contributed by atoms with Gasteiger partial charge in [0.1, 0.15) is 24.1 Å². The molecule has 0 spiro atoms. The summed E-state index contributed by atoms with van der Waals surface area (Å²) >= 11 is 1.78. The highest BCUT2D eigenvalue weighted by Crippen LogP contribution is 2.44. The molecule has 216 valence electrons. The molecule has 0 bridgehead atoms. The number of aromatic nitrogens is 4. The number of amides is 1. The summed E-state index contributed by atoms with van der Waals surface area (Å²) in [5, 5.41) is 2.95. The molecule has 2 aliphatic rings. The maximum atomic E-state index is 12.5. The number of thioether (sulfide) groups is 1. The van der Waals surface area contributed by atoms with Crippen LogP contribution in [-0.4, -0.2) is 61.0 Å². The number of anilines is 3. The molecule has 4 heterocycles. The minimum atomic E-state index is -0.714. The Morgan fingerprint density at radius 3 is 2.65 bits per heavy atom. The molecule has 3 aromatic rings. The van der Waals surface area contributed by atoms with Crippen molar-refractivity contribution in [3.8, 4) is 0 Å². The van der Waals surface area contributed by atoms with Crippen LogP contribution in [0.15, 0.2) is 30.9 Å². The van der Waals surface area contributed by atoms with Crippen LogP contribution in [0.1, 0.15) is 65.7 Å². The van der Waals surface area contributed by atoms with Gasteiger partial charge in [-0.1, -0.05) is 26.8 Å². The Hall–Kier alpha value is -2.93. The fourth-order valence-electron chi connectivity index (χ4n) is 5.12. The number of fused-ring (bicyclic) bond motifs is 2. The van der Waals surface area contributed by atoms with Crippen LogP contribution in [0.5, 0.6) is 0 Å². The summed E-state index contributed by atoms with van der Waals surface area (Å²) in [7, 11) is 0. The van der Waals surface area contributed by atoms with Crippen molar-refractivity contribution in [2.45, 2.75) is 89.6 Å². The van der Waals surface area contributed by atoms with Crippen LogP contribution in [0.2, 0.25) is 0 Å². The Morgan fingerprint density at radius 2 is 1.90 bits per heavy atom. The third-order valence-electron chi connectivity index (χ3n) is 7.20. The second-order valence-corrected chi connectivity index (χ2v) is 13.0. The number of benzene rings is 1. The molecule has 0 unspecified atom stereocenters. The number of nitrogen functional groups attached to an aromatic ring is 2. The second kappa shape index (κ2) is 11.2. The first-order valence-electron chi connectivity index (χ1n) is 13.6. The van der Waals surface area contributed by atoms with E-state index in [0.29, 0.717) is 34.8 Å². The number of ether oxygens (including phenoxy) is 3. The van der Waals surface area contributed by atoms with E-state index in [1.165, 1.54) is 6.33 Å². The van der Waals surface area contributed by atoms with E-state index in [-0.39, 0.29) is 29.6 Å². The summed E-state index contributed by atoms with van der Waals surface area (Å²) in [6.07, 6.45) is 4.10. The number of nitrogens with one attached hydrogen (secondary N) is 1. The van der Waals surface area contributed by atoms with Crippen molar-refractivity contribution >= 4 is 46.0 Å².